The minimum atomic E-state index is -1.84. The quantitative estimate of drug-likeness (QED) is 0.868. The van der Waals surface area contributed by atoms with Gasteiger partial charge in [0.15, 0.2) is 17.0 Å². The lowest BCUT2D eigenvalue weighted by Gasteiger charge is -2.45. The van der Waals surface area contributed by atoms with Gasteiger partial charge in [0.25, 0.3) is 0 Å². The first-order valence-corrected chi connectivity index (χ1v) is 8.54. The first-order chi connectivity index (χ1) is 12.9. The molecule has 1 aromatic rings. The third-order valence-corrected chi connectivity index (χ3v) is 5.49. The molecule has 1 aromatic carbocycles. The van der Waals surface area contributed by atoms with Crippen molar-refractivity contribution in [2.75, 3.05) is 19.6 Å². The topological polar surface area (TPSA) is 101 Å². The summed E-state index contributed by atoms with van der Waals surface area (Å²) in [5, 5.41) is 29.4. The maximum absolute atomic E-state index is 13.9. The van der Waals surface area contributed by atoms with E-state index in [4.69, 9.17) is 5.73 Å². The minimum absolute atomic E-state index is 0.128. The van der Waals surface area contributed by atoms with Crippen LogP contribution in [-0.2, 0) is 0 Å². The monoisotopic (exact) mass is 365 g/mol. The van der Waals surface area contributed by atoms with Gasteiger partial charge in [0.2, 0.25) is 0 Å². The summed E-state index contributed by atoms with van der Waals surface area (Å²) < 4.78 is 27.4. The van der Waals surface area contributed by atoms with E-state index in [0.29, 0.717) is 24.2 Å². The van der Waals surface area contributed by atoms with Crippen molar-refractivity contribution >= 4 is 0 Å². The average Bonchev–Trinajstić information content (AvgIpc) is 2.69. The molecule has 0 saturated heterocycles. The minimum Gasteiger partial charge on any atom is -0.399 e. The van der Waals surface area contributed by atoms with Gasteiger partial charge >= 0.3 is 0 Å². The van der Waals surface area contributed by atoms with Crippen molar-refractivity contribution < 1.29 is 8.78 Å². The van der Waals surface area contributed by atoms with E-state index in [1.54, 1.807) is 0 Å². The number of allylic oxidation sites excluding steroid dienone is 2. The fourth-order valence-electron chi connectivity index (χ4n) is 4.08. The van der Waals surface area contributed by atoms with Crippen LogP contribution >= 0.6 is 0 Å². The number of rotatable bonds is 2. The van der Waals surface area contributed by atoms with E-state index in [2.05, 4.69) is 4.90 Å². The molecule has 1 heterocycles. The van der Waals surface area contributed by atoms with Crippen LogP contribution in [0.5, 0.6) is 0 Å². The zero-order valence-corrected chi connectivity index (χ0v) is 14.7. The van der Waals surface area contributed by atoms with Crippen molar-refractivity contribution in [2.24, 2.45) is 17.1 Å². The molecule has 0 spiro atoms. The highest BCUT2D eigenvalue weighted by Gasteiger charge is 2.54. The Morgan fingerprint density at radius 3 is 2.48 bits per heavy atom. The predicted molar refractivity (Wildman–Crippen MR) is 93.3 cm³/mol. The second-order valence-corrected chi connectivity index (χ2v) is 6.70. The van der Waals surface area contributed by atoms with Gasteiger partial charge < -0.3 is 5.73 Å². The summed E-state index contributed by atoms with van der Waals surface area (Å²) in [4.78, 5) is 2.09. The van der Waals surface area contributed by atoms with E-state index < -0.39 is 28.9 Å². The van der Waals surface area contributed by atoms with Crippen molar-refractivity contribution in [1.29, 1.82) is 15.8 Å². The molecule has 136 valence electrons. The molecule has 1 aliphatic carbocycles. The van der Waals surface area contributed by atoms with Crippen molar-refractivity contribution in [1.82, 2.24) is 4.90 Å². The molecule has 2 atom stereocenters. The standard InChI is InChI=1S/C20H17F2N5/c1-2-27-6-5-13-14(8-23)19(26)20(10-24,11-25)18(15(13)9-27)12-3-4-16(21)17(22)7-12/h3-5,7,15,18H,2,6,9,26H2,1H3/t15-,18+/m1/s1. The van der Waals surface area contributed by atoms with Crippen LogP contribution in [0.4, 0.5) is 8.78 Å². The van der Waals surface area contributed by atoms with Gasteiger partial charge in [-0.25, -0.2) is 8.78 Å². The summed E-state index contributed by atoms with van der Waals surface area (Å²) in [6.07, 6.45) is 1.87. The van der Waals surface area contributed by atoms with Crippen LogP contribution < -0.4 is 5.73 Å². The number of hydrogen-bond donors (Lipinski definition) is 1. The SMILES string of the molecule is CCN1CC=C2C(C#N)=C(N)C(C#N)(C#N)[C@@H](c3ccc(F)c(F)c3)[C@@H]2C1. The van der Waals surface area contributed by atoms with Crippen LogP contribution in [0, 0.1) is 57.0 Å². The van der Waals surface area contributed by atoms with Crippen molar-refractivity contribution in [3.8, 4) is 18.2 Å². The third-order valence-electron chi connectivity index (χ3n) is 5.49. The van der Waals surface area contributed by atoms with Gasteiger partial charge in [-0.1, -0.05) is 19.1 Å². The van der Waals surface area contributed by atoms with E-state index >= 15 is 0 Å². The van der Waals surface area contributed by atoms with E-state index in [1.165, 1.54) is 6.07 Å². The number of halogens is 2. The molecule has 7 heteroatoms. The first-order valence-electron chi connectivity index (χ1n) is 8.54. The van der Waals surface area contributed by atoms with Gasteiger partial charge in [-0.3, -0.25) is 4.90 Å². The summed E-state index contributed by atoms with van der Waals surface area (Å²) in [7, 11) is 0. The van der Waals surface area contributed by atoms with E-state index in [9.17, 15) is 24.6 Å². The molecule has 0 aromatic heterocycles. The van der Waals surface area contributed by atoms with Crippen LogP contribution in [0.25, 0.3) is 0 Å². The lowest BCUT2D eigenvalue weighted by molar-refractivity contribution is 0.214. The molecular formula is C20H17F2N5. The number of nitriles is 3. The van der Waals surface area contributed by atoms with E-state index in [-0.39, 0.29) is 11.3 Å². The molecule has 2 aliphatic rings. The molecule has 0 unspecified atom stereocenters. The largest absolute Gasteiger partial charge is 0.399 e. The Morgan fingerprint density at radius 2 is 1.93 bits per heavy atom. The summed E-state index contributed by atoms with van der Waals surface area (Å²) in [5.74, 6) is -3.30. The predicted octanol–water partition coefficient (Wildman–Crippen LogP) is 2.71. The number of likely N-dealkylation sites (N-methyl/N-ethyl adjacent to an activating group) is 1. The summed E-state index contributed by atoms with van der Waals surface area (Å²) in [6, 6.07) is 9.34. The fourth-order valence-corrected chi connectivity index (χ4v) is 4.08. The third kappa shape index (κ3) is 2.67. The van der Waals surface area contributed by atoms with Gasteiger partial charge in [0.05, 0.1) is 23.4 Å². The van der Waals surface area contributed by atoms with Crippen LogP contribution in [0.1, 0.15) is 18.4 Å². The second kappa shape index (κ2) is 6.83. The lowest BCUT2D eigenvalue weighted by atomic mass is 9.58. The highest BCUT2D eigenvalue weighted by Crippen LogP contribution is 2.54. The molecule has 0 fully saturated rings. The van der Waals surface area contributed by atoms with Gasteiger partial charge in [-0.2, -0.15) is 15.8 Å². The summed E-state index contributed by atoms with van der Waals surface area (Å²) >= 11 is 0. The smallest absolute Gasteiger partial charge is 0.191 e. The zero-order valence-electron chi connectivity index (χ0n) is 14.7. The maximum Gasteiger partial charge on any atom is 0.191 e. The Bertz CT molecular complexity index is 960. The number of fused-ring (bicyclic) bond motifs is 1. The normalized spacial score (nSPS) is 24.2. The van der Waals surface area contributed by atoms with E-state index in [1.807, 2.05) is 31.2 Å². The fraction of sp³-hybridized carbons (Fsp3) is 0.350. The molecule has 1 aliphatic heterocycles. The molecular weight excluding hydrogens is 348 g/mol. The van der Waals surface area contributed by atoms with Crippen LogP contribution in [0.3, 0.4) is 0 Å². The van der Waals surface area contributed by atoms with Gasteiger partial charge in [-0.05, 0) is 29.8 Å². The maximum atomic E-state index is 13.9. The number of benzene rings is 1. The highest BCUT2D eigenvalue weighted by atomic mass is 19.2. The van der Waals surface area contributed by atoms with Crippen molar-refractivity contribution in [2.45, 2.75) is 12.8 Å². The molecule has 0 bridgehead atoms. The van der Waals surface area contributed by atoms with Crippen molar-refractivity contribution in [3.05, 3.63) is 58.3 Å². The Hall–Kier alpha value is -3.21. The molecule has 0 radical (unpaired) electrons. The van der Waals surface area contributed by atoms with E-state index in [0.717, 1.165) is 18.7 Å². The number of nitrogens with zero attached hydrogens (tertiary/aromatic N) is 4. The summed E-state index contributed by atoms with van der Waals surface area (Å²) in [6.45, 7) is 3.80. The van der Waals surface area contributed by atoms with Crippen molar-refractivity contribution in [3.63, 3.8) is 0 Å². The molecule has 2 N–H and O–H groups in total. The lowest BCUT2D eigenvalue weighted by Crippen LogP contribution is -2.48. The zero-order chi connectivity index (χ0) is 19.8. The van der Waals surface area contributed by atoms with Crippen LogP contribution in [-0.4, -0.2) is 24.5 Å². The Labute approximate surface area is 156 Å². The van der Waals surface area contributed by atoms with Crippen LogP contribution in [0.15, 0.2) is 41.1 Å². The molecule has 3 rings (SSSR count). The Balaban J connectivity index is 2.32. The molecule has 0 saturated carbocycles. The van der Waals surface area contributed by atoms with Crippen LogP contribution in [0.2, 0.25) is 0 Å². The highest BCUT2D eigenvalue weighted by molar-refractivity contribution is 5.59. The molecule has 0 amide bonds. The van der Waals surface area contributed by atoms with Gasteiger partial charge in [0.1, 0.15) is 6.07 Å². The second-order valence-electron chi connectivity index (χ2n) is 6.70. The number of hydrogen-bond acceptors (Lipinski definition) is 5. The van der Waals surface area contributed by atoms with Gasteiger partial charge in [0, 0.05) is 24.9 Å². The molecule has 27 heavy (non-hydrogen) atoms. The first kappa shape index (κ1) is 18.6. The Kier molecular flexibility index (Phi) is 4.70. The number of nitrogens with two attached hydrogens (primary N) is 1. The molecule has 5 nitrogen and oxygen atoms in total. The Morgan fingerprint density at radius 1 is 1.22 bits per heavy atom. The average molecular weight is 365 g/mol. The summed E-state index contributed by atoms with van der Waals surface area (Å²) in [5.41, 5.74) is 5.29. The van der Waals surface area contributed by atoms with Gasteiger partial charge in [-0.15, -0.1) is 0 Å².